The van der Waals surface area contributed by atoms with Crippen LogP contribution in [0, 0.1) is 0 Å². The van der Waals surface area contributed by atoms with Crippen LogP contribution in [0.25, 0.3) is 0 Å². The van der Waals surface area contributed by atoms with E-state index in [9.17, 15) is 0 Å². The van der Waals surface area contributed by atoms with Gasteiger partial charge >= 0.3 is 0 Å². The molecule has 0 amide bonds. The lowest BCUT2D eigenvalue weighted by molar-refractivity contribution is 0.242. The number of hydrogen-bond donors (Lipinski definition) is 2. The highest BCUT2D eigenvalue weighted by Crippen LogP contribution is 2.14. The van der Waals surface area contributed by atoms with Crippen molar-refractivity contribution in [2.75, 3.05) is 13.1 Å². The number of rotatable bonds is 9. The van der Waals surface area contributed by atoms with Gasteiger partial charge in [0.05, 0.1) is 12.6 Å². The number of hydrogen-bond acceptors (Lipinski definition) is 4. The summed E-state index contributed by atoms with van der Waals surface area (Å²) in [7, 11) is 0. The van der Waals surface area contributed by atoms with E-state index in [4.69, 9.17) is 4.74 Å². The Morgan fingerprint density at radius 1 is 1.19 bits per heavy atom. The maximum absolute atomic E-state index is 5.67. The highest BCUT2D eigenvalue weighted by Gasteiger charge is 2.03. The van der Waals surface area contributed by atoms with E-state index in [1.54, 1.807) is 6.33 Å². The normalized spacial score (nSPS) is 11.7. The lowest BCUT2D eigenvalue weighted by Crippen LogP contribution is -2.38. The number of ether oxygens (including phenoxy) is 1. The summed E-state index contributed by atoms with van der Waals surface area (Å²) in [6.45, 7) is 11.2. The minimum Gasteiger partial charge on any atom is -0.491 e. The van der Waals surface area contributed by atoms with Gasteiger partial charge in [-0.1, -0.05) is 19.1 Å². The second-order valence-electron chi connectivity index (χ2n) is 6.23. The molecule has 1 aromatic carbocycles. The minimum absolute atomic E-state index is 0.183. The number of nitrogens with one attached hydrogen (secondary N) is 2. The molecule has 7 nitrogen and oxygen atoms in total. The maximum atomic E-state index is 5.67. The van der Waals surface area contributed by atoms with E-state index in [1.165, 1.54) is 0 Å². The Hall–Kier alpha value is -2.57. The van der Waals surface area contributed by atoms with Crippen LogP contribution in [0.4, 0.5) is 0 Å². The van der Waals surface area contributed by atoms with E-state index in [-0.39, 0.29) is 6.10 Å². The first kappa shape index (κ1) is 19.8. The van der Waals surface area contributed by atoms with Crippen molar-refractivity contribution in [2.45, 2.75) is 53.3 Å². The second-order valence-corrected chi connectivity index (χ2v) is 6.23. The third kappa shape index (κ3) is 6.38. The van der Waals surface area contributed by atoms with Gasteiger partial charge < -0.3 is 19.9 Å². The molecule has 26 heavy (non-hydrogen) atoms. The molecule has 1 heterocycles. The molecule has 2 aromatic rings. The zero-order valence-corrected chi connectivity index (χ0v) is 16.2. The van der Waals surface area contributed by atoms with E-state index in [2.05, 4.69) is 56.4 Å². The van der Waals surface area contributed by atoms with Gasteiger partial charge in [0.1, 0.15) is 17.9 Å². The Bertz CT molecular complexity index is 678. The lowest BCUT2D eigenvalue weighted by Gasteiger charge is -2.12. The Balaban J connectivity index is 1.87. The summed E-state index contributed by atoms with van der Waals surface area (Å²) in [5.74, 6) is 2.69. The Labute approximate surface area is 155 Å². The molecule has 0 fully saturated rings. The fourth-order valence-electron chi connectivity index (χ4n) is 2.49. The number of nitrogens with zero attached hydrogens (tertiary/aromatic N) is 4. The van der Waals surface area contributed by atoms with Crippen LogP contribution in [0.1, 0.15) is 39.1 Å². The summed E-state index contributed by atoms with van der Waals surface area (Å²) >= 11 is 0. The Morgan fingerprint density at radius 2 is 1.96 bits per heavy atom. The van der Waals surface area contributed by atoms with E-state index in [1.807, 2.05) is 26.0 Å². The van der Waals surface area contributed by atoms with Crippen molar-refractivity contribution in [1.82, 2.24) is 25.4 Å². The van der Waals surface area contributed by atoms with Gasteiger partial charge in [-0.25, -0.2) is 4.99 Å². The number of guanidine groups is 1. The summed E-state index contributed by atoms with van der Waals surface area (Å²) < 4.78 is 7.73. The molecule has 0 saturated heterocycles. The van der Waals surface area contributed by atoms with Crippen LogP contribution < -0.4 is 15.4 Å². The fourth-order valence-corrected chi connectivity index (χ4v) is 2.49. The maximum Gasteiger partial charge on any atom is 0.191 e. The molecule has 142 valence electrons. The first-order chi connectivity index (χ1) is 12.6. The molecule has 0 bridgehead atoms. The summed E-state index contributed by atoms with van der Waals surface area (Å²) in [5.41, 5.74) is 1.14. The van der Waals surface area contributed by atoms with Crippen molar-refractivity contribution in [3.05, 3.63) is 42.0 Å². The van der Waals surface area contributed by atoms with Gasteiger partial charge in [0.15, 0.2) is 5.96 Å². The topological polar surface area (TPSA) is 76.4 Å². The van der Waals surface area contributed by atoms with Gasteiger partial charge in [0.2, 0.25) is 0 Å². The zero-order valence-electron chi connectivity index (χ0n) is 16.2. The van der Waals surface area contributed by atoms with Crippen LogP contribution >= 0.6 is 0 Å². The van der Waals surface area contributed by atoms with Crippen molar-refractivity contribution < 1.29 is 4.74 Å². The van der Waals surface area contributed by atoms with Crippen LogP contribution in [0.5, 0.6) is 5.75 Å². The molecule has 2 rings (SSSR count). The molecule has 0 spiro atoms. The van der Waals surface area contributed by atoms with Gasteiger partial charge in [-0.2, -0.15) is 0 Å². The summed E-state index contributed by atoms with van der Waals surface area (Å²) in [5, 5.41) is 14.7. The highest BCUT2D eigenvalue weighted by molar-refractivity contribution is 5.79. The van der Waals surface area contributed by atoms with Crippen molar-refractivity contribution in [3.63, 3.8) is 0 Å². The minimum atomic E-state index is 0.183. The van der Waals surface area contributed by atoms with E-state index < -0.39 is 0 Å². The van der Waals surface area contributed by atoms with Crippen LogP contribution in [-0.4, -0.2) is 39.9 Å². The van der Waals surface area contributed by atoms with Gasteiger partial charge in [0, 0.05) is 26.1 Å². The predicted molar refractivity (Wildman–Crippen MR) is 104 cm³/mol. The van der Waals surface area contributed by atoms with Crippen molar-refractivity contribution in [1.29, 1.82) is 0 Å². The van der Waals surface area contributed by atoms with E-state index in [0.717, 1.165) is 49.2 Å². The average Bonchev–Trinajstić information content (AvgIpc) is 3.08. The molecule has 0 saturated carbocycles. The monoisotopic (exact) mass is 358 g/mol. The van der Waals surface area contributed by atoms with Crippen molar-refractivity contribution >= 4 is 5.96 Å². The van der Waals surface area contributed by atoms with Gasteiger partial charge in [-0.05, 0) is 38.5 Å². The summed E-state index contributed by atoms with van der Waals surface area (Å²) in [6, 6.07) is 8.08. The molecule has 0 aliphatic carbocycles. The summed E-state index contributed by atoms with van der Waals surface area (Å²) in [6.07, 6.45) is 2.83. The molecule has 2 N–H and O–H groups in total. The molecule has 0 atom stereocenters. The van der Waals surface area contributed by atoms with Crippen LogP contribution in [0.2, 0.25) is 0 Å². The van der Waals surface area contributed by atoms with Gasteiger partial charge in [-0.15, -0.1) is 10.2 Å². The molecular formula is C19H30N6O. The van der Waals surface area contributed by atoms with Crippen LogP contribution in [0.15, 0.2) is 35.6 Å². The molecular weight excluding hydrogens is 328 g/mol. The largest absolute Gasteiger partial charge is 0.491 e. The standard InChI is InChI=1S/C19H30N6O/c1-5-18-24-23-14-25(18)12-11-21-19(20-6-2)22-13-16-7-9-17(10-8-16)26-15(3)4/h7-10,14-15H,5-6,11-13H2,1-4H3,(H2,20,21,22). The molecule has 7 heteroatoms. The van der Waals surface area contributed by atoms with Gasteiger partial charge in [-0.3, -0.25) is 0 Å². The number of aryl methyl sites for hydroxylation is 1. The van der Waals surface area contributed by atoms with Crippen LogP contribution in [-0.2, 0) is 19.5 Å². The average molecular weight is 358 g/mol. The fraction of sp³-hybridized carbons (Fsp3) is 0.526. The lowest BCUT2D eigenvalue weighted by atomic mass is 10.2. The molecule has 0 radical (unpaired) electrons. The van der Waals surface area contributed by atoms with Crippen LogP contribution in [0.3, 0.4) is 0 Å². The van der Waals surface area contributed by atoms with Crippen molar-refractivity contribution in [3.8, 4) is 5.75 Å². The molecule has 0 unspecified atom stereocenters. The molecule has 1 aromatic heterocycles. The summed E-state index contributed by atoms with van der Waals surface area (Å²) in [4.78, 5) is 4.65. The van der Waals surface area contributed by atoms with E-state index in [0.29, 0.717) is 6.54 Å². The number of aliphatic imine (C=N–C) groups is 1. The molecule has 0 aliphatic rings. The third-order valence-corrected chi connectivity index (χ3v) is 3.72. The number of aromatic nitrogens is 3. The zero-order chi connectivity index (χ0) is 18.8. The third-order valence-electron chi connectivity index (χ3n) is 3.72. The Morgan fingerprint density at radius 3 is 2.62 bits per heavy atom. The molecule has 0 aliphatic heterocycles. The SMILES string of the molecule is CCNC(=NCc1ccc(OC(C)C)cc1)NCCn1cnnc1CC. The smallest absolute Gasteiger partial charge is 0.191 e. The predicted octanol–water partition coefficient (Wildman–Crippen LogP) is 2.38. The first-order valence-electron chi connectivity index (χ1n) is 9.26. The first-order valence-corrected chi connectivity index (χ1v) is 9.26. The highest BCUT2D eigenvalue weighted by atomic mass is 16.5. The Kier molecular flexibility index (Phi) is 7.92. The van der Waals surface area contributed by atoms with Gasteiger partial charge in [0.25, 0.3) is 0 Å². The quantitative estimate of drug-likeness (QED) is 0.532. The number of benzene rings is 1. The van der Waals surface area contributed by atoms with E-state index >= 15 is 0 Å². The second kappa shape index (κ2) is 10.4. The van der Waals surface area contributed by atoms with Crippen molar-refractivity contribution in [2.24, 2.45) is 4.99 Å².